The zero-order chi connectivity index (χ0) is 13.3. The molecular formula is C11H11FN2O4. The molecule has 1 amide bonds. The molecule has 1 aliphatic rings. The number of rotatable bonds is 2. The summed E-state index contributed by atoms with van der Waals surface area (Å²) in [6.45, 7) is -0.114. The summed E-state index contributed by atoms with van der Waals surface area (Å²) in [5.74, 6) is -2.78. The van der Waals surface area contributed by atoms with Crippen molar-refractivity contribution in [3.8, 4) is 0 Å². The van der Waals surface area contributed by atoms with Gasteiger partial charge in [-0.3, -0.25) is 9.78 Å². The van der Waals surface area contributed by atoms with Gasteiger partial charge in [0, 0.05) is 19.2 Å². The summed E-state index contributed by atoms with van der Waals surface area (Å²) in [4.78, 5) is 27.5. The van der Waals surface area contributed by atoms with Gasteiger partial charge in [0.1, 0.15) is 6.04 Å². The maximum Gasteiger partial charge on any atom is 0.326 e. The molecule has 0 radical (unpaired) electrons. The molecule has 7 heteroatoms. The first-order valence-corrected chi connectivity index (χ1v) is 5.32. The fourth-order valence-corrected chi connectivity index (χ4v) is 1.98. The molecule has 0 aliphatic carbocycles. The van der Waals surface area contributed by atoms with E-state index in [1.807, 2.05) is 0 Å². The number of aromatic nitrogens is 1. The fraction of sp³-hybridized carbons (Fsp3) is 0.364. The minimum absolute atomic E-state index is 0.0478. The number of halogens is 1. The third kappa shape index (κ3) is 2.17. The van der Waals surface area contributed by atoms with E-state index in [0.29, 0.717) is 0 Å². The Morgan fingerprint density at radius 1 is 1.50 bits per heavy atom. The Morgan fingerprint density at radius 3 is 2.83 bits per heavy atom. The van der Waals surface area contributed by atoms with Crippen molar-refractivity contribution in [2.45, 2.75) is 18.6 Å². The highest BCUT2D eigenvalue weighted by Crippen LogP contribution is 2.21. The smallest absolute Gasteiger partial charge is 0.326 e. The van der Waals surface area contributed by atoms with Crippen LogP contribution in [0.25, 0.3) is 0 Å². The number of nitrogens with zero attached hydrogens (tertiary/aromatic N) is 2. The molecule has 2 heterocycles. The van der Waals surface area contributed by atoms with Crippen LogP contribution in [0, 0.1) is 5.82 Å². The Morgan fingerprint density at radius 2 is 2.22 bits per heavy atom. The number of β-amino-alcohol motifs (C(OH)–C–C–N with tert-alkyl or cyclic N) is 1. The molecule has 1 aromatic heterocycles. The van der Waals surface area contributed by atoms with Gasteiger partial charge in [-0.25, -0.2) is 9.18 Å². The molecule has 0 saturated carbocycles. The second-order valence-electron chi connectivity index (χ2n) is 4.06. The van der Waals surface area contributed by atoms with Crippen LogP contribution in [0.5, 0.6) is 0 Å². The second kappa shape index (κ2) is 4.69. The normalized spacial score (nSPS) is 23.1. The third-order valence-corrected chi connectivity index (χ3v) is 2.83. The van der Waals surface area contributed by atoms with Crippen LogP contribution in [0.2, 0.25) is 0 Å². The number of hydrogen-bond acceptors (Lipinski definition) is 4. The Kier molecular flexibility index (Phi) is 3.24. The second-order valence-corrected chi connectivity index (χ2v) is 4.06. The number of amides is 1. The molecule has 0 bridgehead atoms. The average molecular weight is 254 g/mol. The Bertz CT molecular complexity index is 494. The first kappa shape index (κ1) is 12.4. The molecular weight excluding hydrogens is 243 g/mol. The number of aliphatic carboxylic acids is 1. The summed E-state index contributed by atoms with van der Waals surface area (Å²) in [7, 11) is 0. The van der Waals surface area contributed by atoms with Gasteiger partial charge >= 0.3 is 5.97 Å². The van der Waals surface area contributed by atoms with Crippen LogP contribution in [0.15, 0.2) is 18.5 Å². The SMILES string of the molecule is O=C(O)[C@H]1C[C@@H](O)CN1C(=O)c1ccncc1F. The van der Waals surface area contributed by atoms with Crippen LogP contribution in [0.1, 0.15) is 16.8 Å². The van der Waals surface area contributed by atoms with Crippen LogP contribution < -0.4 is 0 Å². The molecule has 2 atom stereocenters. The number of carboxylic acids is 1. The van der Waals surface area contributed by atoms with Gasteiger partial charge in [-0.1, -0.05) is 0 Å². The van der Waals surface area contributed by atoms with E-state index in [1.54, 1.807) is 0 Å². The van der Waals surface area contributed by atoms with Crippen LogP contribution in [0.4, 0.5) is 4.39 Å². The maximum atomic E-state index is 13.4. The highest BCUT2D eigenvalue weighted by Gasteiger charge is 2.39. The van der Waals surface area contributed by atoms with Crippen molar-refractivity contribution in [1.82, 2.24) is 9.88 Å². The van der Waals surface area contributed by atoms with Gasteiger partial charge in [-0.05, 0) is 6.07 Å². The lowest BCUT2D eigenvalue weighted by molar-refractivity contribution is -0.141. The molecule has 18 heavy (non-hydrogen) atoms. The Hall–Kier alpha value is -2.02. The minimum atomic E-state index is -1.21. The standard InChI is InChI=1S/C11H11FN2O4/c12-8-4-13-2-1-7(8)10(16)14-5-6(15)3-9(14)11(17)18/h1-2,4,6,9,15H,3,5H2,(H,17,18)/t6-,9-/m1/s1. The number of aliphatic hydroxyl groups is 1. The van der Waals surface area contributed by atoms with Crippen LogP contribution >= 0.6 is 0 Å². The summed E-state index contributed by atoms with van der Waals surface area (Å²) >= 11 is 0. The van der Waals surface area contributed by atoms with Gasteiger partial charge in [0.15, 0.2) is 5.82 Å². The van der Waals surface area contributed by atoms with E-state index in [9.17, 15) is 19.1 Å². The minimum Gasteiger partial charge on any atom is -0.480 e. The Balaban J connectivity index is 2.28. The van der Waals surface area contributed by atoms with Gasteiger partial charge in [-0.2, -0.15) is 0 Å². The van der Waals surface area contributed by atoms with E-state index in [-0.39, 0.29) is 18.5 Å². The summed E-state index contributed by atoms with van der Waals surface area (Å²) in [5, 5.41) is 18.4. The average Bonchev–Trinajstić information content (AvgIpc) is 2.71. The van der Waals surface area contributed by atoms with Gasteiger partial charge in [0.25, 0.3) is 5.91 Å². The van der Waals surface area contributed by atoms with E-state index < -0.39 is 29.8 Å². The van der Waals surface area contributed by atoms with Gasteiger partial charge < -0.3 is 15.1 Å². The van der Waals surface area contributed by atoms with E-state index in [4.69, 9.17) is 5.11 Å². The lowest BCUT2D eigenvalue weighted by atomic mass is 10.2. The quantitative estimate of drug-likeness (QED) is 0.767. The van der Waals surface area contributed by atoms with Gasteiger partial charge in [0.05, 0.1) is 17.9 Å². The molecule has 0 spiro atoms. The van der Waals surface area contributed by atoms with Crippen molar-refractivity contribution in [2.24, 2.45) is 0 Å². The number of carbonyl (C=O) groups excluding carboxylic acids is 1. The van der Waals surface area contributed by atoms with Gasteiger partial charge in [0.2, 0.25) is 0 Å². The molecule has 6 nitrogen and oxygen atoms in total. The zero-order valence-electron chi connectivity index (χ0n) is 9.28. The molecule has 1 saturated heterocycles. The number of pyridine rings is 1. The first-order valence-electron chi connectivity index (χ1n) is 5.32. The molecule has 2 N–H and O–H groups in total. The molecule has 0 aromatic carbocycles. The Labute approximate surface area is 102 Å². The van der Waals surface area contributed by atoms with Crippen molar-refractivity contribution in [1.29, 1.82) is 0 Å². The first-order chi connectivity index (χ1) is 8.50. The van der Waals surface area contributed by atoms with Crippen molar-refractivity contribution in [3.05, 3.63) is 29.8 Å². The number of carboxylic acid groups (broad SMARTS) is 1. The highest BCUT2D eigenvalue weighted by atomic mass is 19.1. The van der Waals surface area contributed by atoms with E-state index in [0.717, 1.165) is 11.1 Å². The highest BCUT2D eigenvalue weighted by molar-refractivity contribution is 5.97. The molecule has 96 valence electrons. The summed E-state index contributed by atoms with van der Waals surface area (Å²) in [5.41, 5.74) is -0.245. The largest absolute Gasteiger partial charge is 0.480 e. The molecule has 1 fully saturated rings. The van der Waals surface area contributed by atoms with Crippen molar-refractivity contribution in [3.63, 3.8) is 0 Å². The van der Waals surface area contributed by atoms with Crippen LogP contribution in [0.3, 0.4) is 0 Å². The number of likely N-dealkylation sites (tertiary alicyclic amines) is 1. The lowest BCUT2D eigenvalue weighted by Gasteiger charge is -2.21. The molecule has 1 aromatic rings. The van der Waals surface area contributed by atoms with Crippen molar-refractivity contribution in [2.75, 3.05) is 6.54 Å². The number of aliphatic hydroxyl groups excluding tert-OH is 1. The number of hydrogen-bond donors (Lipinski definition) is 2. The molecule has 1 aliphatic heterocycles. The van der Waals surface area contributed by atoms with E-state index in [2.05, 4.69) is 4.98 Å². The summed E-state index contributed by atoms with van der Waals surface area (Å²) in [6.07, 6.45) is 1.18. The lowest BCUT2D eigenvalue weighted by Crippen LogP contribution is -2.40. The topological polar surface area (TPSA) is 90.7 Å². The predicted octanol–water partition coefficient (Wildman–Crippen LogP) is -0.119. The molecule has 2 rings (SSSR count). The van der Waals surface area contributed by atoms with Gasteiger partial charge in [-0.15, -0.1) is 0 Å². The zero-order valence-corrected chi connectivity index (χ0v) is 9.28. The van der Waals surface area contributed by atoms with E-state index in [1.165, 1.54) is 12.3 Å². The predicted molar refractivity (Wildman–Crippen MR) is 57.3 cm³/mol. The summed E-state index contributed by atoms with van der Waals surface area (Å²) < 4.78 is 13.4. The number of carbonyl (C=O) groups is 2. The van der Waals surface area contributed by atoms with Crippen LogP contribution in [-0.2, 0) is 4.79 Å². The third-order valence-electron chi connectivity index (χ3n) is 2.83. The fourth-order valence-electron chi connectivity index (χ4n) is 1.98. The van der Waals surface area contributed by atoms with E-state index >= 15 is 0 Å². The summed E-state index contributed by atoms with van der Waals surface area (Å²) in [6, 6.07) is 0.0569. The van der Waals surface area contributed by atoms with Crippen molar-refractivity contribution >= 4 is 11.9 Å². The monoisotopic (exact) mass is 254 g/mol. The van der Waals surface area contributed by atoms with Crippen molar-refractivity contribution < 1.29 is 24.2 Å². The molecule has 0 unspecified atom stereocenters. The van der Waals surface area contributed by atoms with Crippen LogP contribution in [-0.4, -0.2) is 50.7 Å². The maximum absolute atomic E-state index is 13.4.